The van der Waals surface area contributed by atoms with Crippen molar-refractivity contribution in [3.63, 3.8) is 0 Å². The van der Waals surface area contributed by atoms with Gasteiger partial charge < -0.3 is 14.6 Å². The molecule has 0 spiro atoms. The Morgan fingerprint density at radius 2 is 2.04 bits per heavy atom. The number of nitrogens with zero attached hydrogens (tertiary/aromatic N) is 1. The fourth-order valence-electron chi connectivity index (χ4n) is 2.67. The van der Waals surface area contributed by atoms with Crippen molar-refractivity contribution < 1.29 is 14.1 Å². The maximum atomic E-state index is 12.3. The van der Waals surface area contributed by atoms with E-state index >= 15 is 0 Å². The van der Waals surface area contributed by atoms with E-state index in [1.165, 1.54) is 0 Å². The van der Waals surface area contributed by atoms with Crippen LogP contribution in [0.2, 0.25) is 0 Å². The lowest BCUT2D eigenvalue weighted by molar-refractivity contribution is 0.262. The standard InChI is InChI=1S/C18H14BrN3O3/c1-10-6-7-14(13(19)8-10)20-18(23)21-17-12-9-24-15-5-3-2-4-11(15)16(12)25-22-17/h2-8H,9H2,1H3,(H2,20,21,22,23). The second-order valence-corrected chi connectivity index (χ2v) is 6.54. The van der Waals surface area contributed by atoms with Gasteiger partial charge in [-0.25, -0.2) is 4.79 Å². The number of hydrogen-bond acceptors (Lipinski definition) is 4. The van der Waals surface area contributed by atoms with E-state index in [2.05, 4.69) is 31.7 Å². The predicted octanol–water partition coefficient (Wildman–Crippen LogP) is 4.95. The molecular weight excluding hydrogens is 386 g/mol. The van der Waals surface area contributed by atoms with Crippen LogP contribution in [0.3, 0.4) is 0 Å². The Kier molecular flexibility index (Phi) is 3.93. The maximum absolute atomic E-state index is 12.3. The zero-order valence-corrected chi connectivity index (χ0v) is 14.9. The molecular formula is C18H14BrN3O3. The van der Waals surface area contributed by atoms with Gasteiger partial charge in [0.2, 0.25) is 0 Å². The highest BCUT2D eigenvalue weighted by molar-refractivity contribution is 9.10. The van der Waals surface area contributed by atoms with Crippen LogP contribution in [0.4, 0.5) is 16.3 Å². The Hall–Kier alpha value is -2.80. The van der Waals surface area contributed by atoms with Gasteiger partial charge in [0, 0.05) is 4.47 Å². The summed E-state index contributed by atoms with van der Waals surface area (Å²) >= 11 is 3.43. The molecule has 0 bridgehead atoms. The van der Waals surface area contributed by atoms with Crippen LogP contribution in [0.1, 0.15) is 11.1 Å². The molecule has 3 aromatic rings. The minimum Gasteiger partial charge on any atom is -0.488 e. The number of urea groups is 1. The Bertz CT molecular complexity index is 968. The van der Waals surface area contributed by atoms with E-state index in [1.54, 1.807) is 0 Å². The van der Waals surface area contributed by atoms with Crippen LogP contribution in [0, 0.1) is 6.92 Å². The largest absolute Gasteiger partial charge is 0.488 e. The molecule has 0 unspecified atom stereocenters. The Labute approximate surface area is 152 Å². The number of halogens is 1. The molecule has 2 N–H and O–H groups in total. The van der Waals surface area contributed by atoms with Crippen molar-refractivity contribution >= 4 is 33.5 Å². The summed E-state index contributed by atoms with van der Waals surface area (Å²) in [4.78, 5) is 12.3. The fourth-order valence-corrected chi connectivity index (χ4v) is 3.26. The molecule has 2 aromatic carbocycles. The zero-order chi connectivity index (χ0) is 17.4. The van der Waals surface area contributed by atoms with Crippen LogP contribution in [0.5, 0.6) is 5.75 Å². The smallest absolute Gasteiger partial charge is 0.324 e. The lowest BCUT2D eigenvalue weighted by Crippen LogP contribution is -2.21. The molecule has 1 aliphatic rings. The van der Waals surface area contributed by atoms with Crippen LogP contribution in [-0.2, 0) is 6.61 Å². The molecule has 4 rings (SSSR count). The van der Waals surface area contributed by atoms with Gasteiger partial charge in [-0.1, -0.05) is 23.4 Å². The van der Waals surface area contributed by atoms with Gasteiger partial charge in [-0.3, -0.25) is 5.32 Å². The van der Waals surface area contributed by atoms with Gasteiger partial charge in [-0.05, 0) is 52.7 Å². The molecule has 0 aliphatic carbocycles. The number of ether oxygens (including phenoxy) is 1. The van der Waals surface area contributed by atoms with Gasteiger partial charge in [0.1, 0.15) is 12.4 Å². The first-order valence-corrected chi connectivity index (χ1v) is 8.46. The number of hydrogen-bond donors (Lipinski definition) is 2. The number of anilines is 2. The average Bonchev–Trinajstić information content (AvgIpc) is 3.01. The molecule has 2 amide bonds. The first-order valence-electron chi connectivity index (χ1n) is 7.67. The van der Waals surface area contributed by atoms with E-state index in [4.69, 9.17) is 9.26 Å². The molecule has 7 heteroatoms. The number of nitrogens with one attached hydrogen (secondary N) is 2. The Morgan fingerprint density at radius 1 is 1.20 bits per heavy atom. The van der Waals surface area contributed by atoms with E-state index in [1.807, 2.05) is 49.4 Å². The van der Waals surface area contributed by atoms with Crippen LogP contribution in [-0.4, -0.2) is 11.2 Å². The first-order chi connectivity index (χ1) is 12.1. The fraction of sp³-hybridized carbons (Fsp3) is 0.111. The average molecular weight is 400 g/mol. The van der Waals surface area contributed by atoms with Gasteiger partial charge in [0.15, 0.2) is 11.6 Å². The van der Waals surface area contributed by atoms with Gasteiger partial charge in [-0.2, -0.15) is 0 Å². The van der Waals surface area contributed by atoms with Crippen LogP contribution < -0.4 is 15.4 Å². The second kappa shape index (κ2) is 6.25. The minimum absolute atomic E-state index is 0.291. The number of fused-ring (bicyclic) bond motifs is 3. The van der Waals surface area contributed by atoms with Crippen molar-refractivity contribution in [2.24, 2.45) is 0 Å². The third kappa shape index (κ3) is 2.98. The molecule has 0 fully saturated rings. The maximum Gasteiger partial charge on any atom is 0.324 e. The molecule has 1 aliphatic heterocycles. The minimum atomic E-state index is -0.403. The van der Waals surface area contributed by atoms with Crippen molar-refractivity contribution in [3.05, 3.63) is 58.1 Å². The molecule has 0 atom stereocenters. The number of rotatable bonds is 2. The van der Waals surface area contributed by atoms with Crippen molar-refractivity contribution in [2.75, 3.05) is 10.6 Å². The molecule has 0 saturated heterocycles. The highest BCUT2D eigenvalue weighted by Gasteiger charge is 2.26. The van der Waals surface area contributed by atoms with Crippen LogP contribution in [0.25, 0.3) is 11.3 Å². The third-order valence-corrected chi connectivity index (χ3v) is 4.55. The number of amides is 2. The number of aryl methyl sites for hydroxylation is 1. The predicted molar refractivity (Wildman–Crippen MR) is 97.8 cm³/mol. The molecule has 0 saturated carbocycles. The third-order valence-electron chi connectivity index (χ3n) is 3.90. The number of para-hydroxylation sites is 1. The number of carbonyl (C=O) groups is 1. The highest BCUT2D eigenvalue weighted by Crippen LogP contribution is 2.40. The summed E-state index contributed by atoms with van der Waals surface area (Å²) in [5, 5.41) is 9.47. The summed E-state index contributed by atoms with van der Waals surface area (Å²) in [7, 11) is 0. The first kappa shape index (κ1) is 15.7. The van der Waals surface area contributed by atoms with Crippen molar-refractivity contribution in [1.82, 2.24) is 5.16 Å². The number of carbonyl (C=O) groups excluding carboxylic acids is 1. The zero-order valence-electron chi connectivity index (χ0n) is 13.3. The summed E-state index contributed by atoms with van der Waals surface area (Å²) in [5.41, 5.74) is 3.31. The Balaban J connectivity index is 1.55. The van der Waals surface area contributed by atoms with Crippen LogP contribution >= 0.6 is 15.9 Å². The molecule has 2 heterocycles. The topological polar surface area (TPSA) is 76.4 Å². The normalized spacial score (nSPS) is 11.9. The van der Waals surface area contributed by atoms with E-state index in [-0.39, 0.29) is 0 Å². The molecule has 126 valence electrons. The van der Waals surface area contributed by atoms with Gasteiger partial charge >= 0.3 is 6.03 Å². The quantitative estimate of drug-likeness (QED) is 0.638. The summed E-state index contributed by atoms with van der Waals surface area (Å²) in [6, 6.07) is 12.8. The second-order valence-electron chi connectivity index (χ2n) is 5.69. The molecule has 25 heavy (non-hydrogen) atoms. The van der Waals surface area contributed by atoms with E-state index in [0.717, 1.165) is 26.9 Å². The number of benzene rings is 2. The van der Waals surface area contributed by atoms with Gasteiger partial charge in [-0.15, -0.1) is 0 Å². The molecule has 6 nitrogen and oxygen atoms in total. The SMILES string of the molecule is Cc1ccc(NC(=O)Nc2noc3c2COc2ccccc2-3)c(Br)c1. The van der Waals surface area contributed by atoms with E-state index in [9.17, 15) is 4.79 Å². The van der Waals surface area contributed by atoms with E-state index in [0.29, 0.717) is 23.9 Å². The van der Waals surface area contributed by atoms with E-state index < -0.39 is 6.03 Å². The summed E-state index contributed by atoms with van der Waals surface area (Å²) < 4.78 is 11.9. The van der Waals surface area contributed by atoms with Gasteiger partial charge in [0.05, 0.1) is 16.8 Å². The summed E-state index contributed by atoms with van der Waals surface area (Å²) in [5.74, 6) is 1.71. The summed E-state index contributed by atoms with van der Waals surface area (Å²) in [6.07, 6.45) is 0. The highest BCUT2D eigenvalue weighted by atomic mass is 79.9. The van der Waals surface area contributed by atoms with Crippen molar-refractivity contribution in [2.45, 2.75) is 13.5 Å². The van der Waals surface area contributed by atoms with Crippen molar-refractivity contribution in [1.29, 1.82) is 0 Å². The van der Waals surface area contributed by atoms with Crippen molar-refractivity contribution in [3.8, 4) is 17.1 Å². The van der Waals surface area contributed by atoms with Gasteiger partial charge in [0.25, 0.3) is 0 Å². The lowest BCUT2D eigenvalue weighted by Gasteiger charge is -2.16. The Morgan fingerprint density at radius 3 is 2.88 bits per heavy atom. The van der Waals surface area contributed by atoms with Crippen LogP contribution in [0.15, 0.2) is 51.5 Å². The summed E-state index contributed by atoms with van der Waals surface area (Å²) in [6.45, 7) is 2.27. The molecule has 0 radical (unpaired) electrons. The molecule has 1 aromatic heterocycles. The monoisotopic (exact) mass is 399 g/mol. The lowest BCUT2D eigenvalue weighted by atomic mass is 10.1. The number of aromatic nitrogens is 1.